The molecule has 4 heterocycles. The van der Waals surface area contributed by atoms with Crippen molar-refractivity contribution in [1.29, 1.82) is 0 Å². The number of aromatic amines is 2. The van der Waals surface area contributed by atoms with E-state index < -0.39 is 0 Å². The number of nitrogens with zero attached hydrogens (tertiary/aromatic N) is 4. The molecule has 6 aromatic carbocycles. The van der Waals surface area contributed by atoms with Gasteiger partial charge in [0.15, 0.2) is 0 Å². The van der Waals surface area contributed by atoms with E-state index in [1.165, 1.54) is 0 Å². The zero-order valence-electron chi connectivity index (χ0n) is 32.3. The van der Waals surface area contributed by atoms with Gasteiger partial charge in [-0.1, -0.05) is 133 Å². The summed E-state index contributed by atoms with van der Waals surface area (Å²) in [6.07, 6.45) is 8.33. The third kappa shape index (κ3) is 6.64. The van der Waals surface area contributed by atoms with Crippen molar-refractivity contribution in [3.8, 4) is 33.6 Å². The largest absolute Gasteiger partial charge is 0.340 e. The Morgan fingerprint density at radius 1 is 0.483 bits per heavy atom. The standard InChI is InChI=1S/C50H44N6O2/c57-47(29-33-13-3-1-4-14-33)55-27-11-21-45(55)49-51-31-43(53-49)41-25-23-39(35-17-7-9-19-37(35)41)40-24-26-42(38-20-10-8-18-36(38)40)44-32-52-50(54-44)46-22-12-28-56(46)48(58)30-34-15-5-2-6-16-34/h1-10,13-20,23-26,31-32,45-46H,11-12,21-22,27-30H2,(H,51,53)(H,52,54)/t45-,46-/m0/s1. The maximum Gasteiger partial charge on any atom is 0.227 e. The van der Waals surface area contributed by atoms with Crippen LogP contribution in [0.5, 0.6) is 0 Å². The number of carbonyl (C=O) groups is 2. The molecule has 0 unspecified atom stereocenters. The number of fused-ring (bicyclic) bond motifs is 2. The minimum atomic E-state index is -0.0643. The molecule has 10 rings (SSSR count). The summed E-state index contributed by atoms with van der Waals surface area (Å²) in [5, 5.41) is 4.57. The van der Waals surface area contributed by atoms with Crippen LogP contribution in [0.2, 0.25) is 0 Å². The Morgan fingerprint density at radius 2 is 0.845 bits per heavy atom. The van der Waals surface area contributed by atoms with Gasteiger partial charge in [-0.05, 0) is 69.5 Å². The van der Waals surface area contributed by atoms with Gasteiger partial charge in [0.2, 0.25) is 11.8 Å². The van der Waals surface area contributed by atoms with Crippen molar-refractivity contribution in [2.24, 2.45) is 0 Å². The third-order valence-corrected chi connectivity index (χ3v) is 12.1. The Balaban J connectivity index is 0.940. The molecule has 286 valence electrons. The smallest absolute Gasteiger partial charge is 0.227 e. The lowest BCUT2D eigenvalue weighted by Crippen LogP contribution is -2.32. The SMILES string of the molecule is O=C(Cc1ccccc1)N1CCC[C@H]1c1ncc(-c2ccc(-c3ccc(-c4cnc([C@@H]5CCCN5C(=O)Cc5ccccc5)[nH]4)c4ccccc34)c3ccccc23)[nH]1. The molecule has 0 bridgehead atoms. The predicted octanol–water partition coefficient (Wildman–Crippen LogP) is 10.3. The second-order valence-corrected chi connectivity index (χ2v) is 15.6. The summed E-state index contributed by atoms with van der Waals surface area (Å²) in [4.78, 5) is 47.8. The van der Waals surface area contributed by atoms with Gasteiger partial charge in [-0.3, -0.25) is 9.59 Å². The molecular formula is C50H44N6O2. The van der Waals surface area contributed by atoms with Gasteiger partial charge >= 0.3 is 0 Å². The van der Waals surface area contributed by atoms with Crippen LogP contribution >= 0.6 is 0 Å². The molecule has 58 heavy (non-hydrogen) atoms. The average molecular weight is 761 g/mol. The van der Waals surface area contributed by atoms with Crippen LogP contribution < -0.4 is 0 Å². The van der Waals surface area contributed by atoms with Crippen molar-refractivity contribution in [2.75, 3.05) is 13.1 Å². The fraction of sp³-hybridized carbons (Fsp3) is 0.200. The van der Waals surface area contributed by atoms with E-state index in [0.717, 1.165) is 117 Å². The molecule has 2 N–H and O–H groups in total. The first-order chi connectivity index (χ1) is 28.6. The summed E-state index contributed by atoms with van der Waals surface area (Å²) in [6, 6.07) is 45.8. The number of benzene rings is 6. The van der Waals surface area contributed by atoms with Crippen LogP contribution in [-0.4, -0.2) is 54.6 Å². The van der Waals surface area contributed by atoms with Crippen LogP contribution in [0.25, 0.3) is 55.2 Å². The van der Waals surface area contributed by atoms with E-state index >= 15 is 0 Å². The van der Waals surface area contributed by atoms with Crippen molar-refractivity contribution in [1.82, 2.24) is 29.7 Å². The Bertz CT molecular complexity index is 2580. The minimum absolute atomic E-state index is 0.0643. The summed E-state index contributed by atoms with van der Waals surface area (Å²) in [7, 11) is 0. The van der Waals surface area contributed by atoms with Crippen molar-refractivity contribution in [3.63, 3.8) is 0 Å². The van der Waals surface area contributed by atoms with E-state index in [9.17, 15) is 9.59 Å². The number of rotatable bonds is 9. The molecule has 8 heteroatoms. The summed E-state index contributed by atoms with van der Waals surface area (Å²) < 4.78 is 0. The molecule has 0 spiro atoms. The fourth-order valence-electron chi connectivity index (χ4n) is 9.27. The zero-order chi connectivity index (χ0) is 39.0. The van der Waals surface area contributed by atoms with Crippen LogP contribution in [0, 0.1) is 0 Å². The molecule has 0 radical (unpaired) electrons. The number of H-pyrrole nitrogens is 2. The number of amides is 2. The second-order valence-electron chi connectivity index (χ2n) is 15.6. The Labute approximate surface area is 337 Å². The highest BCUT2D eigenvalue weighted by molar-refractivity contribution is 6.11. The van der Waals surface area contributed by atoms with E-state index in [-0.39, 0.29) is 23.9 Å². The monoisotopic (exact) mass is 760 g/mol. The number of likely N-dealkylation sites (tertiary alicyclic amines) is 2. The second kappa shape index (κ2) is 15.3. The van der Waals surface area contributed by atoms with Crippen molar-refractivity contribution >= 4 is 33.4 Å². The van der Waals surface area contributed by atoms with Crippen molar-refractivity contribution < 1.29 is 9.59 Å². The Hall–Kier alpha value is -6.80. The van der Waals surface area contributed by atoms with Crippen LogP contribution in [0.1, 0.15) is 60.5 Å². The summed E-state index contributed by atoms with van der Waals surface area (Å²) >= 11 is 0. The van der Waals surface area contributed by atoms with Gasteiger partial charge in [0, 0.05) is 24.2 Å². The van der Waals surface area contributed by atoms with Crippen molar-refractivity contribution in [3.05, 3.63) is 169 Å². The molecule has 2 fully saturated rings. The van der Waals surface area contributed by atoms with Crippen LogP contribution in [0.15, 0.2) is 146 Å². The topological polar surface area (TPSA) is 98.0 Å². The molecule has 2 aromatic heterocycles. The molecule has 2 amide bonds. The lowest BCUT2D eigenvalue weighted by atomic mass is 9.89. The molecule has 0 aliphatic carbocycles. The third-order valence-electron chi connectivity index (χ3n) is 12.1. The normalized spacial score (nSPS) is 16.8. The van der Waals surface area contributed by atoms with Crippen LogP contribution in [-0.2, 0) is 22.4 Å². The van der Waals surface area contributed by atoms with Crippen LogP contribution in [0.3, 0.4) is 0 Å². The molecule has 0 saturated carbocycles. The summed E-state index contributed by atoms with van der Waals surface area (Å²) in [6.45, 7) is 1.49. The highest BCUT2D eigenvalue weighted by Crippen LogP contribution is 2.42. The van der Waals surface area contributed by atoms with Gasteiger partial charge in [0.25, 0.3) is 0 Å². The highest BCUT2D eigenvalue weighted by atomic mass is 16.2. The van der Waals surface area contributed by atoms with Gasteiger partial charge in [-0.15, -0.1) is 0 Å². The molecule has 8 nitrogen and oxygen atoms in total. The number of imidazole rings is 2. The minimum Gasteiger partial charge on any atom is -0.340 e. The quantitative estimate of drug-likeness (QED) is 0.153. The predicted molar refractivity (Wildman–Crippen MR) is 230 cm³/mol. The Morgan fingerprint density at radius 3 is 1.26 bits per heavy atom. The maximum absolute atomic E-state index is 13.4. The lowest BCUT2D eigenvalue weighted by molar-refractivity contribution is -0.132. The molecular weight excluding hydrogens is 717 g/mol. The highest BCUT2D eigenvalue weighted by Gasteiger charge is 2.33. The maximum atomic E-state index is 13.4. The summed E-state index contributed by atoms with van der Waals surface area (Å²) in [5.74, 6) is 1.95. The van der Waals surface area contributed by atoms with E-state index in [1.807, 2.05) is 82.9 Å². The van der Waals surface area contributed by atoms with E-state index in [4.69, 9.17) is 9.97 Å². The lowest BCUT2D eigenvalue weighted by Gasteiger charge is -2.23. The molecule has 2 aliphatic heterocycles. The van der Waals surface area contributed by atoms with Gasteiger partial charge < -0.3 is 19.8 Å². The molecule has 2 saturated heterocycles. The van der Waals surface area contributed by atoms with Gasteiger partial charge in [0.1, 0.15) is 11.6 Å². The average Bonchev–Trinajstić information content (AvgIpc) is 4.11. The number of aromatic nitrogens is 4. The van der Waals surface area contributed by atoms with Gasteiger partial charge in [-0.25, -0.2) is 9.97 Å². The van der Waals surface area contributed by atoms with Crippen molar-refractivity contribution in [2.45, 2.75) is 50.6 Å². The molecule has 2 atom stereocenters. The van der Waals surface area contributed by atoms with Gasteiger partial charge in [-0.2, -0.15) is 0 Å². The first-order valence-electron chi connectivity index (χ1n) is 20.4. The fourth-order valence-corrected chi connectivity index (χ4v) is 9.27. The molecule has 8 aromatic rings. The van der Waals surface area contributed by atoms with Gasteiger partial charge in [0.05, 0.1) is 48.7 Å². The Kier molecular flexibility index (Phi) is 9.37. The number of hydrogen-bond acceptors (Lipinski definition) is 4. The van der Waals surface area contributed by atoms with Crippen LogP contribution in [0.4, 0.5) is 0 Å². The summed E-state index contributed by atoms with van der Waals surface area (Å²) in [5.41, 5.74) is 8.40. The number of carbonyl (C=O) groups excluding carboxylic acids is 2. The number of nitrogens with one attached hydrogen (secondary N) is 2. The van der Waals surface area contributed by atoms with E-state index in [0.29, 0.717) is 12.8 Å². The first-order valence-corrected chi connectivity index (χ1v) is 20.4. The zero-order valence-corrected chi connectivity index (χ0v) is 32.3. The van der Waals surface area contributed by atoms with E-state index in [2.05, 4.69) is 82.8 Å². The number of hydrogen-bond donors (Lipinski definition) is 2. The first kappa shape index (κ1) is 35.6. The molecule has 2 aliphatic rings. The van der Waals surface area contributed by atoms with E-state index in [1.54, 1.807) is 0 Å².